The van der Waals surface area contributed by atoms with Gasteiger partial charge in [0.2, 0.25) is 6.20 Å². The second-order valence-electron chi connectivity index (χ2n) is 11.4. The molecule has 22 nitrogen and oxygen atoms in total. The zero-order valence-electron chi connectivity index (χ0n) is 34.5. The zero-order valence-corrected chi connectivity index (χ0v) is 49.8. The van der Waals surface area contributed by atoms with E-state index in [9.17, 15) is 49.3 Å². The number of benzene rings is 4. The normalized spacial score (nSPS) is 10.4. The third-order valence-corrected chi connectivity index (χ3v) is 9.99. The summed E-state index contributed by atoms with van der Waals surface area (Å²) in [7, 11) is 0.889. The zero-order chi connectivity index (χ0) is 50.3. The van der Waals surface area contributed by atoms with Gasteiger partial charge in [0.1, 0.15) is 11.2 Å². The number of nitrogens with two attached hydrogens (primary N) is 1. The van der Waals surface area contributed by atoms with Crippen molar-refractivity contribution in [3.05, 3.63) is 174 Å². The van der Waals surface area contributed by atoms with Crippen LogP contribution < -0.4 is 50.1 Å². The van der Waals surface area contributed by atoms with E-state index in [1.54, 1.807) is 48.5 Å². The van der Waals surface area contributed by atoms with Gasteiger partial charge in [0.05, 0.1) is 37.9 Å². The van der Waals surface area contributed by atoms with Gasteiger partial charge >= 0.3 is 46.1 Å². The Balaban J connectivity index is -0.000000787. The summed E-state index contributed by atoms with van der Waals surface area (Å²) in [4.78, 5) is 73.7. The number of nitrogens with one attached hydrogen (secondary N) is 1. The summed E-state index contributed by atoms with van der Waals surface area (Å²) in [5.41, 5.74) is 7.93. The number of ether oxygens (including phenoxy) is 2. The van der Waals surface area contributed by atoms with Crippen LogP contribution in [-0.2, 0) is 20.6 Å². The summed E-state index contributed by atoms with van der Waals surface area (Å²) < 4.78 is 22.6. The molecule has 1 aromatic heterocycles. The number of hydrogen-bond acceptors (Lipinski definition) is 18. The number of anilines is 2. The van der Waals surface area contributed by atoms with Gasteiger partial charge in [-0.2, -0.15) is 0 Å². The third kappa shape index (κ3) is 28.7. The van der Waals surface area contributed by atoms with Crippen LogP contribution in [0.15, 0.2) is 103 Å². The monoisotopic (exact) mass is 1530 g/mol. The Labute approximate surface area is 492 Å². The molecular formula is C36H28Cl5I4N7NaO15P. The minimum atomic E-state index is -3.22. The first-order valence-electron chi connectivity index (χ1n) is 16.7. The number of nitrogen functional groups attached to an aromatic ring is 1. The van der Waals surface area contributed by atoms with Crippen LogP contribution in [0.25, 0.3) is 10.9 Å². The van der Waals surface area contributed by atoms with Crippen molar-refractivity contribution in [1.29, 1.82) is 0 Å². The van der Waals surface area contributed by atoms with Gasteiger partial charge in [-0.3, -0.25) is 59.4 Å². The number of aromatic nitrogens is 1. The summed E-state index contributed by atoms with van der Waals surface area (Å²) in [5.74, 6) is 0.238. The molecule has 1 heterocycles. The second kappa shape index (κ2) is 36.1. The molecule has 69 heavy (non-hydrogen) atoms. The molecule has 5 aromatic rings. The molecule has 1 aliphatic rings. The average Bonchev–Trinajstić information content (AvgIpc) is 3.20. The summed E-state index contributed by atoms with van der Waals surface area (Å²) in [5, 5.41) is 40.2. The van der Waals surface area contributed by atoms with Gasteiger partial charge in [-0.05, 0) is 203 Å². The standard InChI is InChI=1S/C10H6INO3.C9H4ClIN2O2.C9H7IN2O4.C7H6INO2.CH3NO2.Cl3OP.ClH.Na.H2O/c11-7-3-1-6-2-4-9(12(14)15)10(13)8(6)5-7;10-9-6-3-5(11)1-2-7(6)12-4-8(9)13(14)15;10-7-1-2-8(9(5-7)16-6-13)11-3-4-12(14)15;8-5-1-2-6(9)7(3-5)11-4-10;1-2(3)4;1-5(2,3)4;;;/h1,3-5H,2H2;1-4H;1-6,11H;1-4H,9H2;1H3;;1H;;1H2/q;;;;;;;+1;/p-1/b;;4-3+;;;;;;. The summed E-state index contributed by atoms with van der Waals surface area (Å²) in [6.07, 6.45) is 4.91. The van der Waals surface area contributed by atoms with Gasteiger partial charge in [-0.1, -0.05) is 17.7 Å². The van der Waals surface area contributed by atoms with E-state index in [-0.39, 0.29) is 63.8 Å². The maximum atomic E-state index is 11.7. The SMILES string of the molecule is C[N+](=O)[O-].Cl.Nc1ccc(I)cc1OC=O.O=C1C([N+](=O)[O-])=CCc2ccc(I)cc21.O=COc1cc(I)ccc1N/C=C/[N+](=O)[O-].O=P(Cl)(Cl)Cl.O=[N+]([O-])c1cnc2ccc(I)cc2c1Cl.[Na+].[OH-]. The number of Topliss-reactive ketones (excluding diaryl/α,β-unsaturated/α-hetero) is 1. The van der Waals surface area contributed by atoms with E-state index in [1.165, 1.54) is 12.3 Å². The van der Waals surface area contributed by atoms with Gasteiger partial charge in [-0.15, -0.1) is 12.4 Å². The molecule has 4 N–H and O–H groups in total. The predicted molar refractivity (Wildman–Crippen MR) is 292 cm³/mol. The van der Waals surface area contributed by atoms with E-state index in [4.69, 9.17) is 32.2 Å². The molecule has 366 valence electrons. The Morgan fingerprint density at radius 2 is 1.28 bits per heavy atom. The molecule has 0 aliphatic heterocycles. The van der Waals surface area contributed by atoms with E-state index < -0.39 is 30.7 Å². The van der Waals surface area contributed by atoms with Crippen LogP contribution in [0.3, 0.4) is 0 Å². The number of rotatable bonds is 9. The Hall–Kier alpha value is -2.86. The summed E-state index contributed by atoms with van der Waals surface area (Å²) in [6.45, 7) is 0.662. The van der Waals surface area contributed by atoms with Crippen molar-refractivity contribution >= 4 is 200 Å². The molecule has 0 saturated carbocycles. The van der Waals surface area contributed by atoms with Crippen LogP contribution in [-0.4, -0.2) is 55.9 Å². The van der Waals surface area contributed by atoms with E-state index in [1.807, 2.05) is 24.3 Å². The van der Waals surface area contributed by atoms with Gasteiger partial charge in [-0.25, -0.2) is 4.98 Å². The van der Waals surface area contributed by atoms with Crippen LogP contribution in [0.4, 0.5) is 17.1 Å². The smallest absolute Gasteiger partial charge is 0.870 e. The molecule has 0 atom stereocenters. The van der Waals surface area contributed by atoms with Crippen molar-refractivity contribution in [2.45, 2.75) is 6.42 Å². The number of allylic oxidation sites excluding steroid dienone is 2. The molecule has 6 rings (SSSR count). The fourth-order valence-electron chi connectivity index (χ4n) is 4.40. The largest absolute Gasteiger partial charge is 1.00 e. The molecule has 4 aromatic carbocycles. The Morgan fingerprint density at radius 3 is 1.80 bits per heavy atom. The molecule has 0 amide bonds. The van der Waals surface area contributed by atoms with Crippen LogP contribution in [0.5, 0.6) is 11.5 Å². The number of carbonyl (C=O) groups is 3. The molecule has 0 saturated heterocycles. The van der Waals surface area contributed by atoms with Crippen molar-refractivity contribution in [1.82, 2.24) is 4.98 Å². The van der Waals surface area contributed by atoms with Crippen molar-refractivity contribution in [3.8, 4) is 11.5 Å². The van der Waals surface area contributed by atoms with Crippen LogP contribution in [0.1, 0.15) is 15.9 Å². The van der Waals surface area contributed by atoms with Crippen molar-refractivity contribution in [2.24, 2.45) is 0 Å². The Bertz CT molecular complexity index is 2720. The number of nitro groups is 4. The molecule has 0 radical (unpaired) electrons. The first-order chi connectivity index (χ1) is 30.8. The number of halogens is 9. The predicted octanol–water partition coefficient (Wildman–Crippen LogP) is 8.94. The quantitative estimate of drug-likeness (QED) is 0.0264. The number of nitrogens with zero attached hydrogens (tertiary/aromatic N) is 5. The van der Waals surface area contributed by atoms with Gasteiger partial charge < -0.3 is 26.0 Å². The van der Waals surface area contributed by atoms with E-state index in [2.05, 4.69) is 139 Å². The van der Waals surface area contributed by atoms with Crippen LogP contribution >= 0.6 is 153 Å². The van der Waals surface area contributed by atoms with Gasteiger partial charge in [0.15, 0.2) is 18.5 Å². The van der Waals surface area contributed by atoms with Gasteiger partial charge in [0, 0.05) is 36.2 Å². The fraction of sp³-hybridized carbons (Fsp3) is 0.0556. The maximum Gasteiger partial charge on any atom is 1.00 e. The van der Waals surface area contributed by atoms with E-state index in [0.717, 1.165) is 39.3 Å². The Morgan fingerprint density at radius 1 is 0.797 bits per heavy atom. The number of pyridine rings is 1. The maximum absolute atomic E-state index is 11.7. The minimum absolute atomic E-state index is 0. The van der Waals surface area contributed by atoms with E-state index >= 15 is 0 Å². The van der Waals surface area contributed by atoms with E-state index in [0.29, 0.717) is 58.7 Å². The fourth-order valence-corrected chi connectivity index (χ4v) is 6.57. The van der Waals surface area contributed by atoms with Crippen LogP contribution in [0, 0.1) is 54.7 Å². The molecule has 33 heteroatoms. The number of hydrogen-bond donors (Lipinski definition) is 2. The molecule has 0 unspecified atom stereocenters. The number of fused-ring (bicyclic) bond motifs is 2. The van der Waals surface area contributed by atoms with Gasteiger partial charge in [0.25, 0.3) is 18.7 Å². The number of carbonyl (C=O) groups excluding carboxylic acids is 3. The van der Waals surface area contributed by atoms with Crippen LogP contribution in [0.2, 0.25) is 5.02 Å². The first-order valence-corrected chi connectivity index (χ1v) is 25.9. The topological polar surface area (TPSA) is 340 Å². The van der Waals surface area contributed by atoms with Crippen molar-refractivity contribution < 1.29 is 83.1 Å². The number of ketones is 1. The molecular weight excluding hydrogens is 1510 g/mol. The van der Waals surface area contributed by atoms with Crippen molar-refractivity contribution in [2.75, 3.05) is 18.1 Å². The first kappa shape index (κ1) is 70.4. The summed E-state index contributed by atoms with van der Waals surface area (Å²) in [6, 6.07) is 21.2. The van der Waals surface area contributed by atoms with Crippen molar-refractivity contribution in [3.63, 3.8) is 0 Å². The second-order valence-corrected chi connectivity index (χ2v) is 23.4. The molecule has 0 bridgehead atoms. The molecule has 1 aliphatic carbocycles. The third-order valence-electron chi connectivity index (χ3n) is 6.91. The molecule has 0 fully saturated rings. The minimum Gasteiger partial charge on any atom is -0.870 e. The average molecular weight is 1540 g/mol. The molecule has 0 spiro atoms. The Kier molecular flexibility index (Phi) is 36.8. The summed E-state index contributed by atoms with van der Waals surface area (Å²) >= 11 is 28.1.